The molecule has 1 atom stereocenters. The van der Waals surface area contributed by atoms with E-state index in [2.05, 4.69) is 0 Å². The number of nitrogens with two attached hydrogens (primary N) is 1. The van der Waals surface area contributed by atoms with E-state index in [4.69, 9.17) is 15.2 Å². The van der Waals surface area contributed by atoms with Crippen LogP contribution < -0.4 is 10.5 Å². The third-order valence-electron chi connectivity index (χ3n) is 1.62. The first-order valence-electron chi connectivity index (χ1n) is 3.48. The molecule has 2 rings (SSSR count). The molecule has 0 radical (unpaired) electrons. The van der Waals surface area contributed by atoms with Crippen molar-refractivity contribution in [3.63, 3.8) is 0 Å². The molecule has 0 bridgehead atoms. The smallest absolute Gasteiger partial charge is 0.257 e. The highest BCUT2D eigenvalue weighted by Crippen LogP contribution is 2.23. The zero-order valence-corrected chi connectivity index (χ0v) is 5.99. The van der Waals surface area contributed by atoms with Crippen molar-refractivity contribution in [2.75, 3.05) is 0 Å². The summed E-state index contributed by atoms with van der Waals surface area (Å²) in [5.41, 5.74) is 6.46. The first-order valence-corrected chi connectivity index (χ1v) is 3.48. The van der Waals surface area contributed by atoms with E-state index in [9.17, 15) is 0 Å². The Hall–Kier alpha value is -1.06. The molecular formula is C8H9NO2. The number of rotatable bonds is 0. The second kappa shape index (κ2) is 2.53. The van der Waals surface area contributed by atoms with Crippen molar-refractivity contribution in [1.29, 1.82) is 0 Å². The first kappa shape index (κ1) is 6.64. The number of para-hydroxylation sites is 1. The second-order valence-electron chi connectivity index (χ2n) is 2.40. The van der Waals surface area contributed by atoms with Crippen molar-refractivity contribution in [2.45, 2.75) is 13.0 Å². The van der Waals surface area contributed by atoms with Crippen LogP contribution in [0.25, 0.3) is 0 Å². The molecule has 0 spiro atoms. The van der Waals surface area contributed by atoms with Crippen LogP contribution in [0, 0.1) is 0 Å². The molecule has 0 saturated heterocycles. The summed E-state index contributed by atoms with van der Waals surface area (Å²) in [6.45, 7) is 0.539. The first-order chi connectivity index (χ1) is 5.36. The van der Waals surface area contributed by atoms with Gasteiger partial charge in [0, 0.05) is 5.56 Å². The minimum atomic E-state index is -0.607. The Bertz CT molecular complexity index is 262. The summed E-state index contributed by atoms with van der Waals surface area (Å²) in [5, 5.41) is 0. The van der Waals surface area contributed by atoms with E-state index in [1.807, 2.05) is 24.3 Å². The number of hydrogen-bond acceptors (Lipinski definition) is 3. The molecule has 1 aliphatic rings. The predicted octanol–water partition coefficient (Wildman–Crippen LogP) is 0.838. The lowest BCUT2D eigenvalue weighted by Gasteiger charge is -2.22. The lowest BCUT2D eigenvalue weighted by molar-refractivity contribution is -0.103. The van der Waals surface area contributed by atoms with E-state index in [1.54, 1.807) is 0 Å². The van der Waals surface area contributed by atoms with Crippen LogP contribution >= 0.6 is 0 Å². The maximum atomic E-state index is 5.41. The van der Waals surface area contributed by atoms with Crippen LogP contribution in [0.2, 0.25) is 0 Å². The zero-order chi connectivity index (χ0) is 7.68. The minimum absolute atomic E-state index is 0.539. The summed E-state index contributed by atoms with van der Waals surface area (Å²) >= 11 is 0. The molecule has 11 heavy (non-hydrogen) atoms. The molecule has 1 aromatic rings. The largest absolute Gasteiger partial charge is 0.451 e. The lowest BCUT2D eigenvalue weighted by Crippen LogP contribution is -2.33. The maximum absolute atomic E-state index is 5.41. The van der Waals surface area contributed by atoms with Gasteiger partial charge in [0.05, 0.1) is 6.61 Å². The SMILES string of the molecule is NC1OCc2ccccc2O1. The van der Waals surface area contributed by atoms with Crippen LogP contribution in [0.5, 0.6) is 5.75 Å². The van der Waals surface area contributed by atoms with Gasteiger partial charge in [0.1, 0.15) is 5.75 Å². The molecule has 0 saturated carbocycles. The van der Waals surface area contributed by atoms with Gasteiger partial charge in [-0.15, -0.1) is 0 Å². The summed E-state index contributed by atoms with van der Waals surface area (Å²) in [6, 6.07) is 7.71. The van der Waals surface area contributed by atoms with Crippen LogP contribution in [-0.4, -0.2) is 6.41 Å². The van der Waals surface area contributed by atoms with Crippen LogP contribution in [0.1, 0.15) is 5.56 Å². The summed E-state index contributed by atoms with van der Waals surface area (Å²) < 4.78 is 10.2. The Morgan fingerprint density at radius 3 is 3.09 bits per heavy atom. The van der Waals surface area contributed by atoms with E-state index in [0.29, 0.717) is 6.61 Å². The quantitative estimate of drug-likeness (QED) is 0.597. The minimum Gasteiger partial charge on any atom is -0.451 e. The lowest BCUT2D eigenvalue weighted by atomic mass is 10.2. The molecule has 0 amide bonds. The van der Waals surface area contributed by atoms with Gasteiger partial charge in [0.25, 0.3) is 6.41 Å². The van der Waals surface area contributed by atoms with Crippen molar-refractivity contribution in [3.8, 4) is 5.75 Å². The van der Waals surface area contributed by atoms with E-state index < -0.39 is 6.41 Å². The fourth-order valence-corrected chi connectivity index (χ4v) is 1.07. The van der Waals surface area contributed by atoms with Gasteiger partial charge in [0.2, 0.25) is 0 Å². The molecule has 1 aromatic carbocycles. The predicted molar refractivity (Wildman–Crippen MR) is 39.8 cm³/mol. The van der Waals surface area contributed by atoms with E-state index in [1.165, 1.54) is 0 Å². The van der Waals surface area contributed by atoms with Crippen LogP contribution in [-0.2, 0) is 11.3 Å². The Morgan fingerprint density at radius 2 is 2.18 bits per heavy atom. The topological polar surface area (TPSA) is 44.5 Å². The third kappa shape index (κ3) is 1.20. The second-order valence-corrected chi connectivity index (χ2v) is 2.40. The fraction of sp³-hybridized carbons (Fsp3) is 0.250. The summed E-state index contributed by atoms with van der Waals surface area (Å²) in [4.78, 5) is 0. The van der Waals surface area contributed by atoms with Gasteiger partial charge < -0.3 is 9.47 Å². The zero-order valence-electron chi connectivity index (χ0n) is 5.99. The van der Waals surface area contributed by atoms with Crippen LogP contribution in [0.4, 0.5) is 0 Å². The Labute approximate surface area is 64.7 Å². The number of benzene rings is 1. The van der Waals surface area contributed by atoms with Crippen molar-refractivity contribution in [2.24, 2.45) is 5.73 Å². The van der Waals surface area contributed by atoms with Gasteiger partial charge in [-0.2, -0.15) is 0 Å². The summed E-state index contributed by atoms with van der Waals surface area (Å²) in [5.74, 6) is 0.825. The van der Waals surface area contributed by atoms with E-state index in [0.717, 1.165) is 11.3 Å². The number of ether oxygens (including phenoxy) is 2. The molecule has 58 valence electrons. The Balaban J connectivity index is 2.34. The highest BCUT2D eigenvalue weighted by atomic mass is 16.7. The molecule has 2 N–H and O–H groups in total. The van der Waals surface area contributed by atoms with Gasteiger partial charge in [-0.3, -0.25) is 5.73 Å². The molecule has 3 nitrogen and oxygen atoms in total. The van der Waals surface area contributed by atoms with Gasteiger partial charge in [0.15, 0.2) is 0 Å². The maximum Gasteiger partial charge on any atom is 0.257 e. The van der Waals surface area contributed by atoms with E-state index in [-0.39, 0.29) is 0 Å². The summed E-state index contributed by atoms with van der Waals surface area (Å²) in [6.07, 6.45) is -0.607. The Morgan fingerprint density at radius 1 is 1.36 bits per heavy atom. The van der Waals surface area contributed by atoms with Gasteiger partial charge in [-0.05, 0) is 6.07 Å². The molecule has 0 fully saturated rings. The number of hydrogen-bond donors (Lipinski definition) is 1. The van der Waals surface area contributed by atoms with Crippen molar-refractivity contribution in [1.82, 2.24) is 0 Å². The van der Waals surface area contributed by atoms with Crippen molar-refractivity contribution >= 4 is 0 Å². The van der Waals surface area contributed by atoms with Gasteiger partial charge in [-0.1, -0.05) is 18.2 Å². The Kier molecular flexibility index (Phi) is 1.52. The highest BCUT2D eigenvalue weighted by Gasteiger charge is 2.14. The number of fused-ring (bicyclic) bond motifs is 1. The van der Waals surface area contributed by atoms with Gasteiger partial charge in [-0.25, -0.2) is 0 Å². The van der Waals surface area contributed by atoms with Crippen LogP contribution in [0.15, 0.2) is 24.3 Å². The molecule has 3 heteroatoms. The molecule has 1 unspecified atom stereocenters. The molecular weight excluding hydrogens is 142 g/mol. The highest BCUT2D eigenvalue weighted by molar-refractivity contribution is 5.33. The molecule has 0 aliphatic carbocycles. The van der Waals surface area contributed by atoms with Crippen molar-refractivity contribution in [3.05, 3.63) is 29.8 Å². The summed E-state index contributed by atoms with van der Waals surface area (Å²) in [7, 11) is 0. The van der Waals surface area contributed by atoms with Crippen molar-refractivity contribution < 1.29 is 9.47 Å². The van der Waals surface area contributed by atoms with E-state index >= 15 is 0 Å². The van der Waals surface area contributed by atoms with Crippen LogP contribution in [0.3, 0.4) is 0 Å². The van der Waals surface area contributed by atoms with Gasteiger partial charge >= 0.3 is 0 Å². The molecule has 1 aliphatic heterocycles. The average Bonchev–Trinajstić information content (AvgIpc) is 2.04. The standard InChI is InChI=1S/C8H9NO2/c9-8-10-5-6-3-1-2-4-7(6)11-8/h1-4,8H,5,9H2. The normalized spacial score (nSPS) is 22.1. The average molecular weight is 151 g/mol. The monoisotopic (exact) mass is 151 g/mol. The third-order valence-corrected chi connectivity index (χ3v) is 1.62. The molecule has 0 aromatic heterocycles. The fourth-order valence-electron chi connectivity index (χ4n) is 1.07. The molecule has 1 heterocycles.